The van der Waals surface area contributed by atoms with E-state index in [1.54, 1.807) is 5.38 Å². The number of benzene rings is 1. The van der Waals surface area contributed by atoms with Crippen molar-refractivity contribution >= 4 is 17.3 Å². The first-order valence-electron chi connectivity index (χ1n) is 6.03. The fourth-order valence-corrected chi connectivity index (χ4v) is 2.67. The third kappa shape index (κ3) is 3.62. The van der Waals surface area contributed by atoms with Crippen LogP contribution in [0.2, 0.25) is 0 Å². The summed E-state index contributed by atoms with van der Waals surface area (Å²) >= 11 is 1.43. The topological polar surface area (TPSA) is 59.4 Å². The van der Waals surface area contributed by atoms with Crippen LogP contribution in [0.1, 0.15) is 29.3 Å². The van der Waals surface area contributed by atoms with E-state index in [0.29, 0.717) is 12.3 Å². The number of carbonyl (C=O) groups is 1. The van der Waals surface area contributed by atoms with Crippen molar-refractivity contribution in [2.45, 2.75) is 19.4 Å². The van der Waals surface area contributed by atoms with Crippen LogP contribution in [-0.4, -0.2) is 22.7 Å². The lowest BCUT2D eigenvalue weighted by atomic mass is 10.1. The lowest BCUT2D eigenvalue weighted by Gasteiger charge is -2.14. The second kappa shape index (κ2) is 6.45. The van der Waals surface area contributed by atoms with E-state index in [1.165, 1.54) is 11.3 Å². The van der Waals surface area contributed by atoms with Crippen LogP contribution in [0.5, 0.6) is 0 Å². The van der Waals surface area contributed by atoms with E-state index < -0.39 is 5.97 Å². The van der Waals surface area contributed by atoms with Gasteiger partial charge in [-0.3, -0.25) is 4.79 Å². The summed E-state index contributed by atoms with van der Waals surface area (Å²) in [7, 11) is 0. The maximum atomic E-state index is 10.7. The number of carboxylic acid groups (broad SMARTS) is 1. The molecule has 100 valence electrons. The van der Waals surface area contributed by atoms with Crippen LogP contribution < -0.4 is 0 Å². The molecule has 0 fully saturated rings. The van der Waals surface area contributed by atoms with Gasteiger partial charge in [0, 0.05) is 12.0 Å². The van der Waals surface area contributed by atoms with Crippen LogP contribution in [0, 0.1) is 0 Å². The third-order valence-electron chi connectivity index (χ3n) is 2.56. The maximum absolute atomic E-state index is 10.7. The van der Waals surface area contributed by atoms with Crippen molar-refractivity contribution in [2.24, 2.45) is 0 Å². The molecular weight excluding hydrogens is 262 g/mol. The monoisotopic (exact) mass is 277 g/mol. The van der Waals surface area contributed by atoms with Crippen molar-refractivity contribution in [1.29, 1.82) is 0 Å². The van der Waals surface area contributed by atoms with E-state index in [-0.39, 0.29) is 12.5 Å². The van der Waals surface area contributed by atoms with Gasteiger partial charge in [0.15, 0.2) is 0 Å². The predicted molar refractivity (Wildman–Crippen MR) is 73.4 cm³/mol. The van der Waals surface area contributed by atoms with Crippen molar-refractivity contribution in [3.63, 3.8) is 0 Å². The second-order valence-corrected chi connectivity index (χ2v) is 4.88. The lowest BCUT2D eigenvalue weighted by Crippen LogP contribution is -2.07. The Morgan fingerprint density at radius 1 is 1.42 bits per heavy atom. The van der Waals surface area contributed by atoms with Gasteiger partial charge in [-0.2, -0.15) is 0 Å². The summed E-state index contributed by atoms with van der Waals surface area (Å²) < 4.78 is 5.73. The highest BCUT2D eigenvalue weighted by molar-refractivity contribution is 7.09. The summed E-state index contributed by atoms with van der Waals surface area (Å²) in [6.07, 6.45) is -0.275. The van der Waals surface area contributed by atoms with Crippen LogP contribution in [0.15, 0.2) is 35.7 Å². The number of thiazole rings is 1. The Bertz CT molecular complexity index is 539. The van der Waals surface area contributed by atoms with Gasteiger partial charge in [-0.1, -0.05) is 30.3 Å². The van der Waals surface area contributed by atoms with Crippen LogP contribution in [-0.2, 0) is 16.0 Å². The molecule has 1 N–H and O–H groups in total. The number of ether oxygens (including phenoxy) is 1. The standard InChI is InChI=1S/C14H15NO3S/c1-2-18-13(10-6-4-3-5-7-10)14-15-11(9-19-14)8-12(16)17/h3-7,9,13H,2,8H2,1H3,(H,16,17). The van der Waals surface area contributed by atoms with Gasteiger partial charge < -0.3 is 9.84 Å². The molecule has 0 bridgehead atoms. The summed E-state index contributed by atoms with van der Waals surface area (Å²) in [4.78, 5) is 15.0. The normalized spacial score (nSPS) is 12.3. The zero-order chi connectivity index (χ0) is 13.7. The Morgan fingerprint density at radius 3 is 2.79 bits per heavy atom. The number of aromatic nitrogens is 1. The zero-order valence-corrected chi connectivity index (χ0v) is 11.4. The Balaban J connectivity index is 2.24. The van der Waals surface area contributed by atoms with Gasteiger partial charge in [0.1, 0.15) is 11.1 Å². The van der Waals surface area contributed by atoms with Crippen LogP contribution >= 0.6 is 11.3 Å². The van der Waals surface area contributed by atoms with Gasteiger partial charge in [-0.15, -0.1) is 11.3 Å². The van der Waals surface area contributed by atoms with E-state index >= 15 is 0 Å². The number of nitrogens with zero attached hydrogens (tertiary/aromatic N) is 1. The first-order chi connectivity index (χ1) is 9.20. The summed E-state index contributed by atoms with van der Waals surface area (Å²) in [6.45, 7) is 2.51. The summed E-state index contributed by atoms with van der Waals surface area (Å²) in [6, 6.07) is 9.82. The van der Waals surface area contributed by atoms with E-state index in [4.69, 9.17) is 9.84 Å². The average Bonchev–Trinajstić information content (AvgIpc) is 2.84. The lowest BCUT2D eigenvalue weighted by molar-refractivity contribution is -0.136. The van der Waals surface area contributed by atoms with Crippen LogP contribution in [0.3, 0.4) is 0 Å². The fraction of sp³-hybridized carbons (Fsp3) is 0.286. The van der Waals surface area contributed by atoms with Crippen molar-refractivity contribution < 1.29 is 14.6 Å². The number of hydrogen-bond acceptors (Lipinski definition) is 4. The van der Waals surface area contributed by atoms with E-state index in [0.717, 1.165) is 10.6 Å². The predicted octanol–water partition coefficient (Wildman–Crippen LogP) is 2.90. The van der Waals surface area contributed by atoms with Crippen molar-refractivity contribution in [3.8, 4) is 0 Å². The van der Waals surface area contributed by atoms with Gasteiger partial charge in [-0.05, 0) is 12.5 Å². The van der Waals surface area contributed by atoms with E-state index in [1.807, 2.05) is 37.3 Å². The minimum Gasteiger partial charge on any atom is -0.481 e. The zero-order valence-electron chi connectivity index (χ0n) is 10.6. The van der Waals surface area contributed by atoms with E-state index in [9.17, 15) is 4.79 Å². The van der Waals surface area contributed by atoms with Crippen LogP contribution in [0.25, 0.3) is 0 Å². The molecule has 1 aromatic heterocycles. The fourth-order valence-electron chi connectivity index (χ4n) is 1.78. The third-order valence-corrected chi connectivity index (χ3v) is 3.50. The quantitative estimate of drug-likeness (QED) is 0.882. The summed E-state index contributed by atoms with van der Waals surface area (Å²) in [5.41, 5.74) is 1.61. The first kappa shape index (κ1) is 13.7. The highest BCUT2D eigenvalue weighted by Gasteiger charge is 2.18. The smallest absolute Gasteiger partial charge is 0.309 e. The maximum Gasteiger partial charge on any atom is 0.309 e. The van der Waals surface area contributed by atoms with Crippen molar-refractivity contribution in [3.05, 3.63) is 52.0 Å². The molecule has 1 heterocycles. The molecule has 0 saturated heterocycles. The molecule has 2 aromatic rings. The molecule has 1 atom stereocenters. The Hall–Kier alpha value is -1.72. The average molecular weight is 277 g/mol. The molecule has 1 aromatic carbocycles. The Labute approximate surface area is 115 Å². The van der Waals surface area contributed by atoms with Gasteiger partial charge in [0.2, 0.25) is 0 Å². The highest BCUT2D eigenvalue weighted by Crippen LogP contribution is 2.28. The SMILES string of the molecule is CCOC(c1ccccc1)c1nc(CC(=O)O)cs1. The summed E-state index contributed by atoms with van der Waals surface area (Å²) in [5.74, 6) is -0.871. The molecule has 4 nitrogen and oxygen atoms in total. The number of aliphatic carboxylic acids is 1. The Morgan fingerprint density at radius 2 is 2.16 bits per heavy atom. The van der Waals surface area contributed by atoms with Gasteiger partial charge in [-0.25, -0.2) is 4.98 Å². The molecule has 0 aliphatic heterocycles. The molecule has 5 heteroatoms. The molecular formula is C14H15NO3S. The minimum atomic E-state index is -0.871. The molecule has 1 unspecified atom stereocenters. The van der Waals surface area contributed by atoms with Gasteiger partial charge >= 0.3 is 5.97 Å². The highest BCUT2D eigenvalue weighted by atomic mass is 32.1. The number of carboxylic acids is 1. The Kier molecular flexibility index (Phi) is 4.65. The van der Waals surface area contributed by atoms with Crippen molar-refractivity contribution in [2.75, 3.05) is 6.61 Å². The second-order valence-electron chi connectivity index (χ2n) is 3.99. The minimum absolute atomic E-state index is 0.0515. The molecule has 0 spiro atoms. The van der Waals surface area contributed by atoms with Gasteiger partial charge in [0.25, 0.3) is 0 Å². The first-order valence-corrected chi connectivity index (χ1v) is 6.91. The molecule has 19 heavy (non-hydrogen) atoms. The molecule has 0 radical (unpaired) electrons. The molecule has 0 saturated carbocycles. The largest absolute Gasteiger partial charge is 0.481 e. The molecule has 0 aliphatic carbocycles. The summed E-state index contributed by atoms with van der Waals surface area (Å²) in [5, 5.41) is 11.3. The number of rotatable bonds is 6. The van der Waals surface area contributed by atoms with Gasteiger partial charge in [0.05, 0.1) is 12.1 Å². The molecule has 0 aliphatic rings. The van der Waals surface area contributed by atoms with Crippen molar-refractivity contribution in [1.82, 2.24) is 4.98 Å². The number of hydrogen-bond donors (Lipinski definition) is 1. The van der Waals surface area contributed by atoms with Crippen LogP contribution in [0.4, 0.5) is 0 Å². The molecule has 0 amide bonds. The van der Waals surface area contributed by atoms with E-state index in [2.05, 4.69) is 4.98 Å². The molecule has 2 rings (SSSR count).